The van der Waals surface area contributed by atoms with E-state index in [0.717, 1.165) is 0 Å². The molecular formula is C21H22Cl2N2O4S. The van der Waals surface area contributed by atoms with Crippen LogP contribution in [0, 0.1) is 0 Å². The van der Waals surface area contributed by atoms with Gasteiger partial charge in [-0.1, -0.05) is 41.4 Å². The van der Waals surface area contributed by atoms with Gasteiger partial charge < -0.3 is 10.2 Å². The van der Waals surface area contributed by atoms with Gasteiger partial charge in [0.05, 0.1) is 10.6 Å². The molecule has 1 N–H and O–H groups in total. The average molecular weight is 469 g/mol. The smallest absolute Gasteiger partial charge is 0.254 e. The Labute approximate surface area is 186 Å². The molecule has 0 aromatic heterocycles. The molecular weight excluding hydrogens is 447 g/mol. The maximum atomic E-state index is 12.8. The first kappa shape index (κ1) is 22.6. The van der Waals surface area contributed by atoms with Gasteiger partial charge in [-0.3, -0.25) is 9.59 Å². The van der Waals surface area contributed by atoms with E-state index in [1.165, 1.54) is 23.1 Å². The zero-order valence-corrected chi connectivity index (χ0v) is 18.5. The predicted octanol–water partition coefficient (Wildman–Crippen LogP) is 3.58. The highest BCUT2D eigenvalue weighted by atomic mass is 35.5. The molecule has 1 saturated heterocycles. The third-order valence-electron chi connectivity index (χ3n) is 4.92. The second kappa shape index (κ2) is 9.81. The quantitative estimate of drug-likeness (QED) is 0.629. The summed E-state index contributed by atoms with van der Waals surface area (Å²) in [6.45, 7) is 0.676. The van der Waals surface area contributed by atoms with E-state index in [4.69, 9.17) is 23.2 Å². The molecule has 0 spiro atoms. The number of rotatable bonds is 7. The van der Waals surface area contributed by atoms with Crippen LogP contribution in [0.1, 0.15) is 29.6 Å². The molecule has 1 unspecified atom stereocenters. The summed E-state index contributed by atoms with van der Waals surface area (Å²) >= 11 is 12.0. The highest BCUT2D eigenvalue weighted by molar-refractivity contribution is 7.91. The second-order valence-electron chi connectivity index (χ2n) is 7.09. The number of halogens is 2. The molecule has 0 bridgehead atoms. The minimum atomic E-state index is -3.39. The molecule has 0 saturated carbocycles. The lowest BCUT2D eigenvalue weighted by Crippen LogP contribution is -2.46. The molecule has 1 fully saturated rings. The van der Waals surface area contributed by atoms with Crippen molar-refractivity contribution >= 4 is 44.9 Å². The number of carbonyl (C=O) groups excluding carboxylic acids is 2. The van der Waals surface area contributed by atoms with Crippen molar-refractivity contribution in [3.8, 4) is 0 Å². The number of nitrogens with one attached hydrogen (secondary N) is 1. The van der Waals surface area contributed by atoms with Gasteiger partial charge in [0, 0.05) is 28.7 Å². The van der Waals surface area contributed by atoms with E-state index in [0.29, 0.717) is 35.0 Å². The van der Waals surface area contributed by atoms with Crippen LogP contribution < -0.4 is 5.32 Å². The van der Waals surface area contributed by atoms with Gasteiger partial charge in [-0.2, -0.15) is 0 Å². The topological polar surface area (TPSA) is 83.6 Å². The molecule has 2 aromatic carbocycles. The highest BCUT2D eigenvalue weighted by Crippen LogP contribution is 2.24. The largest absolute Gasteiger partial charge is 0.354 e. The lowest BCUT2D eigenvalue weighted by Gasteiger charge is -2.24. The van der Waals surface area contributed by atoms with Crippen molar-refractivity contribution in [3.63, 3.8) is 0 Å². The van der Waals surface area contributed by atoms with Gasteiger partial charge in [-0.15, -0.1) is 0 Å². The lowest BCUT2D eigenvalue weighted by atomic mass is 10.1. The number of benzene rings is 2. The van der Waals surface area contributed by atoms with Gasteiger partial charge >= 0.3 is 0 Å². The van der Waals surface area contributed by atoms with Crippen molar-refractivity contribution in [1.82, 2.24) is 10.2 Å². The van der Waals surface area contributed by atoms with Gasteiger partial charge in [0.2, 0.25) is 5.91 Å². The van der Waals surface area contributed by atoms with Crippen molar-refractivity contribution in [1.29, 1.82) is 0 Å². The van der Waals surface area contributed by atoms with Crippen LogP contribution in [0.15, 0.2) is 53.4 Å². The van der Waals surface area contributed by atoms with E-state index >= 15 is 0 Å². The Morgan fingerprint density at radius 1 is 1.07 bits per heavy atom. The molecule has 1 aliphatic heterocycles. The van der Waals surface area contributed by atoms with Crippen molar-refractivity contribution in [3.05, 3.63) is 64.1 Å². The molecule has 1 aliphatic rings. The number of sulfone groups is 1. The first-order chi connectivity index (χ1) is 14.3. The van der Waals surface area contributed by atoms with Gasteiger partial charge in [0.15, 0.2) is 9.84 Å². The first-order valence-corrected chi connectivity index (χ1v) is 12.0. The van der Waals surface area contributed by atoms with Crippen LogP contribution in [-0.2, 0) is 14.6 Å². The zero-order valence-electron chi connectivity index (χ0n) is 16.2. The highest BCUT2D eigenvalue weighted by Gasteiger charge is 2.34. The summed E-state index contributed by atoms with van der Waals surface area (Å²) in [5.74, 6) is -0.652. The molecule has 2 amide bonds. The van der Waals surface area contributed by atoms with Gasteiger partial charge in [0.25, 0.3) is 5.91 Å². The molecule has 3 rings (SSSR count). The summed E-state index contributed by atoms with van der Waals surface area (Å²) in [5.41, 5.74) is 0.334. The Bertz CT molecular complexity index is 1010. The minimum Gasteiger partial charge on any atom is -0.354 e. The van der Waals surface area contributed by atoms with E-state index in [-0.39, 0.29) is 35.4 Å². The van der Waals surface area contributed by atoms with Crippen molar-refractivity contribution < 1.29 is 18.0 Å². The zero-order chi connectivity index (χ0) is 21.7. The van der Waals surface area contributed by atoms with Crippen molar-refractivity contribution in [2.45, 2.75) is 30.2 Å². The Balaban J connectivity index is 1.55. The van der Waals surface area contributed by atoms with Gasteiger partial charge in [-0.25, -0.2) is 8.42 Å². The lowest BCUT2D eigenvalue weighted by molar-refractivity contribution is -0.124. The fourth-order valence-corrected chi connectivity index (χ4v) is 5.32. The van der Waals surface area contributed by atoms with E-state index in [1.54, 1.807) is 30.3 Å². The van der Waals surface area contributed by atoms with E-state index in [2.05, 4.69) is 5.32 Å². The maximum absolute atomic E-state index is 12.8. The minimum absolute atomic E-state index is 0.0639. The molecule has 6 nitrogen and oxygen atoms in total. The third-order valence-corrected chi connectivity index (χ3v) is 7.17. The molecule has 2 aromatic rings. The van der Waals surface area contributed by atoms with Crippen molar-refractivity contribution in [2.24, 2.45) is 0 Å². The number of nitrogens with zero attached hydrogens (tertiary/aromatic N) is 1. The summed E-state index contributed by atoms with van der Waals surface area (Å²) in [5, 5.41) is 3.46. The average Bonchev–Trinajstić information content (AvgIpc) is 3.20. The number of likely N-dealkylation sites (tertiary alicyclic amines) is 1. The van der Waals surface area contributed by atoms with Crippen LogP contribution in [0.2, 0.25) is 10.0 Å². The first-order valence-electron chi connectivity index (χ1n) is 9.60. The predicted molar refractivity (Wildman–Crippen MR) is 117 cm³/mol. The molecule has 0 radical (unpaired) electrons. The van der Waals surface area contributed by atoms with Crippen LogP contribution in [0.4, 0.5) is 0 Å². The van der Waals surface area contributed by atoms with E-state index in [1.807, 2.05) is 0 Å². The standard InChI is InChI=1S/C21H22Cl2N2O4S/c22-16-12-15(13-17(23)14-16)21(27)25-10-4-8-19(25)20(26)24-9-5-11-30(28,29)18-6-2-1-3-7-18/h1-3,6-7,12-14,19H,4-5,8-11H2,(H,24,26). The maximum Gasteiger partial charge on any atom is 0.254 e. The number of amides is 2. The van der Waals surface area contributed by atoms with Crippen LogP contribution in [0.25, 0.3) is 0 Å². The Morgan fingerprint density at radius 2 is 1.73 bits per heavy atom. The van der Waals surface area contributed by atoms with E-state index in [9.17, 15) is 18.0 Å². The molecule has 9 heteroatoms. The van der Waals surface area contributed by atoms with Crippen molar-refractivity contribution in [2.75, 3.05) is 18.8 Å². The number of carbonyl (C=O) groups is 2. The Kier molecular flexibility index (Phi) is 7.39. The Hall–Kier alpha value is -2.09. The van der Waals surface area contributed by atoms with Crippen LogP contribution >= 0.6 is 23.2 Å². The number of hydrogen-bond acceptors (Lipinski definition) is 4. The molecule has 160 valence electrons. The fourth-order valence-electron chi connectivity index (χ4n) is 3.46. The molecule has 1 atom stereocenters. The Morgan fingerprint density at radius 3 is 2.40 bits per heavy atom. The van der Waals surface area contributed by atoms with E-state index < -0.39 is 15.9 Å². The summed E-state index contributed by atoms with van der Waals surface area (Å²) in [6.07, 6.45) is 1.54. The second-order valence-corrected chi connectivity index (χ2v) is 10.1. The summed E-state index contributed by atoms with van der Waals surface area (Å²) in [4.78, 5) is 27.2. The molecule has 30 heavy (non-hydrogen) atoms. The number of hydrogen-bond donors (Lipinski definition) is 1. The monoisotopic (exact) mass is 468 g/mol. The van der Waals surface area contributed by atoms with Crippen LogP contribution in [0.3, 0.4) is 0 Å². The molecule has 0 aliphatic carbocycles. The van der Waals surface area contributed by atoms with Crippen LogP contribution in [-0.4, -0.2) is 50.0 Å². The van der Waals surface area contributed by atoms with Gasteiger partial charge in [0.1, 0.15) is 6.04 Å². The van der Waals surface area contributed by atoms with Crippen LogP contribution in [0.5, 0.6) is 0 Å². The molecule has 1 heterocycles. The normalized spacial score (nSPS) is 16.5. The summed E-state index contributed by atoms with van der Waals surface area (Å²) < 4.78 is 24.6. The summed E-state index contributed by atoms with van der Waals surface area (Å²) in [6, 6.07) is 12.2. The fraction of sp³-hybridized carbons (Fsp3) is 0.333. The SMILES string of the molecule is O=C(NCCCS(=O)(=O)c1ccccc1)C1CCCN1C(=O)c1cc(Cl)cc(Cl)c1. The third kappa shape index (κ3) is 5.53. The summed E-state index contributed by atoms with van der Waals surface area (Å²) in [7, 11) is -3.39. The van der Waals surface area contributed by atoms with Gasteiger partial charge in [-0.05, 0) is 49.6 Å².